The van der Waals surface area contributed by atoms with Crippen LogP contribution >= 0.6 is 23.4 Å². The standard InChI is InChI=1S/C19H23ClFN3O5S2/c1-19(2,3)29-18(26)22-7-6-16(25)23-17-24(11-4-5-12(20)13(21)8-11)14-9-31(27,28)10-15(14)30-17/h4-5,8,14-15H,6-7,9-10H2,1-3H3,(H,22,26)/t14-,15+/m1/s1. The molecular formula is C19H23ClFN3O5S2. The van der Waals surface area contributed by atoms with Crippen LogP contribution in [0.5, 0.6) is 0 Å². The fourth-order valence-corrected chi connectivity index (χ4v) is 7.30. The zero-order chi connectivity index (χ0) is 23.0. The highest BCUT2D eigenvalue weighted by atomic mass is 35.5. The van der Waals surface area contributed by atoms with Crippen molar-refractivity contribution in [1.82, 2.24) is 5.32 Å². The summed E-state index contributed by atoms with van der Waals surface area (Å²) in [5, 5.41) is 2.42. The molecule has 0 saturated carbocycles. The molecule has 2 aliphatic heterocycles. The van der Waals surface area contributed by atoms with Crippen LogP contribution in [0.15, 0.2) is 23.2 Å². The third-order valence-electron chi connectivity index (χ3n) is 4.48. The first-order valence-corrected chi connectivity index (χ1v) is 12.6. The number of anilines is 1. The maximum Gasteiger partial charge on any atom is 0.407 e. The molecule has 0 unspecified atom stereocenters. The lowest BCUT2D eigenvalue weighted by Crippen LogP contribution is -2.38. The lowest BCUT2D eigenvalue weighted by Gasteiger charge is -2.24. The topological polar surface area (TPSA) is 105 Å². The highest BCUT2D eigenvalue weighted by Crippen LogP contribution is 2.41. The van der Waals surface area contributed by atoms with E-state index in [4.69, 9.17) is 16.3 Å². The molecule has 0 radical (unpaired) electrons. The van der Waals surface area contributed by atoms with Gasteiger partial charge in [-0.25, -0.2) is 17.6 Å². The van der Waals surface area contributed by atoms with E-state index in [1.807, 2.05) is 0 Å². The van der Waals surface area contributed by atoms with Gasteiger partial charge >= 0.3 is 6.09 Å². The summed E-state index contributed by atoms with van der Waals surface area (Å²) in [5.74, 6) is -1.30. The minimum Gasteiger partial charge on any atom is -0.444 e. The zero-order valence-corrected chi connectivity index (χ0v) is 19.6. The van der Waals surface area contributed by atoms with Crippen LogP contribution in [0.3, 0.4) is 0 Å². The van der Waals surface area contributed by atoms with Crippen molar-refractivity contribution in [2.24, 2.45) is 4.99 Å². The van der Waals surface area contributed by atoms with Crippen molar-refractivity contribution in [3.8, 4) is 0 Å². The summed E-state index contributed by atoms with van der Waals surface area (Å²) < 4.78 is 43.3. The molecule has 31 heavy (non-hydrogen) atoms. The van der Waals surface area contributed by atoms with Crippen molar-refractivity contribution in [1.29, 1.82) is 0 Å². The van der Waals surface area contributed by atoms with Crippen molar-refractivity contribution in [3.63, 3.8) is 0 Å². The van der Waals surface area contributed by atoms with Crippen molar-refractivity contribution in [3.05, 3.63) is 29.0 Å². The maximum absolute atomic E-state index is 14.0. The molecule has 2 aliphatic rings. The van der Waals surface area contributed by atoms with Gasteiger partial charge in [-0.15, -0.1) is 0 Å². The van der Waals surface area contributed by atoms with E-state index < -0.39 is 39.3 Å². The molecule has 0 bridgehead atoms. The number of benzene rings is 1. The summed E-state index contributed by atoms with van der Waals surface area (Å²) >= 11 is 6.94. The molecule has 2 atom stereocenters. The normalized spacial score (nSPS) is 23.6. The number of hydrogen-bond acceptors (Lipinski definition) is 6. The Labute approximate surface area is 189 Å². The Hall–Kier alpha value is -1.85. The highest BCUT2D eigenvalue weighted by Gasteiger charge is 2.49. The molecule has 2 amide bonds. The predicted molar refractivity (Wildman–Crippen MR) is 119 cm³/mol. The number of amidine groups is 1. The summed E-state index contributed by atoms with van der Waals surface area (Å²) in [6, 6.07) is 3.67. The van der Waals surface area contributed by atoms with E-state index in [0.29, 0.717) is 10.9 Å². The smallest absolute Gasteiger partial charge is 0.407 e. The quantitative estimate of drug-likeness (QED) is 0.690. The number of carbonyl (C=O) groups is 2. The molecule has 1 aromatic rings. The number of amides is 2. The van der Waals surface area contributed by atoms with Crippen LogP contribution in [0.4, 0.5) is 14.9 Å². The first-order chi connectivity index (χ1) is 14.3. The van der Waals surface area contributed by atoms with E-state index in [0.717, 1.165) is 0 Å². The van der Waals surface area contributed by atoms with Crippen LogP contribution in [0, 0.1) is 5.82 Å². The van der Waals surface area contributed by atoms with E-state index in [9.17, 15) is 22.4 Å². The molecule has 2 heterocycles. The van der Waals surface area contributed by atoms with Gasteiger partial charge < -0.3 is 15.0 Å². The van der Waals surface area contributed by atoms with E-state index in [-0.39, 0.29) is 34.7 Å². The molecule has 8 nitrogen and oxygen atoms in total. The molecule has 0 spiro atoms. The summed E-state index contributed by atoms with van der Waals surface area (Å²) in [4.78, 5) is 29.7. The van der Waals surface area contributed by atoms with Gasteiger partial charge in [0.05, 0.1) is 22.6 Å². The van der Waals surface area contributed by atoms with Gasteiger partial charge in [-0.2, -0.15) is 4.99 Å². The number of carbonyl (C=O) groups excluding carboxylic acids is 2. The lowest BCUT2D eigenvalue weighted by molar-refractivity contribution is -0.117. The number of nitrogens with zero attached hydrogens (tertiary/aromatic N) is 2. The van der Waals surface area contributed by atoms with Gasteiger partial charge in [0.1, 0.15) is 11.4 Å². The van der Waals surface area contributed by atoms with Crippen LogP contribution in [0.2, 0.25) is 5.02 Å². The number of halogens is 2. The summed E-state index contributed by atoms with van der Waals surface area (Å²) in [5.41, 5.74) is -0.279. The second-order valence-electron chi connectivity index (χ2n) is 8.24. The molecule has 1 N–H and O–H groups in total. The SMILES string of the molecule is CC(C)(C)OC(=O)NCCC(=O)N=C1S[C@H]2CS(=O)(=O)C[C@H]2N1c1ccc(Cl)c(F)c1. The lowest BCUT2D eigenvalue weighted by atomic mass is 10.2. The number of sulfone groups is 1. The van der Waals surface area contributed by atoms with Gasteiger partial charge in [0.15, 0.2) is 15.0 Å². The first-order valence-electron chi connectivity index (χ1n) is 9.54. The largest absolute Gasteiger partial charge is 0.444 e. The molecule has 0 aliphatic carbocycles. The molecular weight excluding hydrogens is 469 g/mol. The van der Waals surface area contributed by atoms with Crippen molar-refractivity contribution >= 4 is 56.1 Å². The Morgan fingerprint density at radius 2 is 2.06 bits per heavy atom. The number of alkyl carbamates (subject to hydrolysis) is 1. The summed E-state index contributed by atoms with van der Waals surface area (Å²) in [6.07, 6.45) is -0.707. The van der Waals surface area contributed by atoms with Gasteiger partial charge in [0, 0.05) is 23.9 Å². The Balaban J connectivity index is 1.74. The minimum atomic E-state index is -3.24. The van der Waals surface area contributed by atoms with Crippen molar-refractivity contribution in [2.45, 2.75) is 44.1 Å². The molecule has 170 valence electrons. The van der Waals surface area contributed by atoms with E-state index in [2.05, 4.69) is 10.3 Å². The summed E-state index contributed by atoms with van der Waals surface area (Å²) in [6.45, 7) is 5.22. The van der Waals surface area contributed by atoms with Gasteiger partial charge in [-0.1, -0.05) is 23.4 Å². The average molecular weight is 492 g/mol. The Kier molecular flexibility index (Phi) is 6.87. The molecule has 0 aromatic heterocycles. The first kappa shape index (κ1) is 23.8. The van der Waals surface area contributed by atoms with Crippen LogP contribution in [-0.2, 0) is 19.4 Å². The monoisotopic (exact) mass is 491 g/mol. The Morgan fingerprint density at radius 1 is 1.35 bits per heavy atom. The predicted octanol–water partition coefficient (Wildman–Crippen LogP) is 3.00. The molecule has 1 aromatic carbocycles. The van der Waals surface area contributed by atoms with Gasteiger partial charge in [-0.3, -0.25) is 4.79 Å². The number of ether oxygens (including phenoxy) is 1. The van der Waals surface area contributed by atoms with Gasteiger partial charge in [-0.05, 0) is 39.0 Å². The molecule has 2 fully saturated rings. The second kappa shape index (κ2) is 8.95. The number of hydrogen-bond donors (Lipinski definition) is 1. The Morgan fingerprint density at radius 3 is 2.71 bits per heavy atom. The molecule has 2 saturated heterocycles. The van der Waals surface area contributed by atoms with E-state index in [1.165, 1.54) is 23.9 Å². The second-order valence-corrected chi connectivity index (χ2v) is 12.0. The van der Waals surface area contributed by atoms with Crippen LogP contribution < -0.4 is 10.2 Å². The maximum atomic E-state index is 14.0. The number of aliphatic imine (C=N–C) groups is 1. The van der Waals surface area contributed by atoms with E-state index >= 15 is 0 Å². The van der Waals surface area contributed by atoms with Crippen LogP contribution in [0.1, 0.15) is 27.2 Å². The Bertz CT molecular complexity index is 1030. The summed E-state index contributed by atoms with van der Waals surface area (Å²) in [7, 11) is -3.24. The van der Waals surface area contributed by atoms with Gasteiger partial charge in [0.25, 0.3) is 0 Å². The fourth-order valence-electron chi connectivity index (χ4n) is 3.25. The highest BCUT2D eigenvalue weighted by molar-refractivity contribution is 8.16. The number of nitrogens with one attached hydrogen (secondary N) is 1. The third kappa shape index (κ3) is 6.11. The molecule has 3 rings (SSSR count). The third-order valence-corrected chi connectivity index (χ3v) is 7.99. The van der Waals surface area contributed by atoms with Crippen molar-refractivity contribution < 1.29 is 27.1 Å². The van der Waals surface area contributed by atoms with E-state index in [1.54, 1.807) is 31.7 Å². The number of rotatable bonds is 4. The van der Waals surface area contributed by atoms with Crippen LogP contribution in [0.25, 0.3) is 0 Å². The minimum absolute atomic E-state index is 0.0337. The average Bonchev–Trinajstić information content (AvgIpc) is 3.06. The van der Waals surface area contributed by atoms with Crippen molar-refractivity contribution in [2.75, 3.05) is 23.0 Å². The van der Waals surface area contributed by atoms with Gasteiger partial charge in [0.2, 0.25) is 5.91 Å². The fraction of sp³-hybridized carbons (Fsp3) is 0.526. The molecule has 12 heteroatoms. The van der Waals surface area contributed by atoms with Crippen LogP contribution in [-0.4, -0.2) is 60.5 Å². The number of fused-ring (bicyclic) bond motifs is 1. The zero-order valence-electron chi connectivity index (χ0n) is 17.2. The number of thioether (sulfide) groups is 1.